The first-order valence-electron chi connectivity index (χ1n) is 5.96. The van der Waals surface area contributed by atoms with Crippen molar-refractivity contribution in [2.24, 2.45) is 0 Å². The van der Waals surface area contributed by atoms with E-state index >= 15 is 0 Å². The van der Waals surface area contributed by atoms with Gasteiger partial charge in [-0.25, -0.2) is 4.79 Å². The maximum atomic E-state index is 11.8. The quantitative estimate of drug-likeness (QED) is 0.437. The standard InChI is InChI=1S/C14H17NO5/c1-15(13(17)8-12(16)14(18)20-3)9-10-5-4-6-11(7-10)19-2/h4-7H,8-9H2,1-3H3. The lowest BCUT2D eigenvalue weighted by molar-refractivity contribution is -0.153. The van der Waals surface area contributed by atoms with Crippen LogP contribution in [0.3, 0.4) is 0 Å². The highest BCUT2D eigenvalue weighted by atomic mass is 16.5. The van der Waals surface area contributed by atoms with Crippen molar-refractivity contribution in [3.63, 3.8) is 0 Å². The van der Waals surface area contributed by atoms with E-state index in [1.807, 2.05) is 12.1 Å². The number of hydrogen-bond acceptors (Lipinski definition) is 5. The molecule has 1 rings (SSSR count). The normalized spacial score (nSPS) is 9.75. The molecule has 6 heteroatoms. The first kappa shape index (κ1) is 15.7. The predicted molar refractivity (Wildman–Crippen MR) is 71.1 cm³/mol. The van der Waals surface area contributed by atoms with Crippen LogP contribution in [0.4, 0.5) is 0 Å². The van der Waals surface area contributed by atoms with E-state index in [2.05, 4.69) is 4.74 Å². The lowest BCUT2D eigenvalue weighted by Crippen LogP contribution is -2.30. The van der Waals surface area contributed by atoms with Crippen molar-refractivity contribution < 1.29 is 23.9 Å². The number of carbonyl (C=O) groups excluding carboxylic acids is 3. The molecule has 0 fully saturated rings. The van der Waals surface area contributed by atoms with E-state index in [1.165, 1.54) is 4.90 Å². The monoisotopic (exact) mass is 279 g/mol. The second-order valence-corrected chi connectivity index (χ2v) is 4.19. The van der Waals surface area contributed by atoms with Crippen molar-refractivity contribution in [2.75, 3.05) is 21.3 Å². The molecule has 0 aliphatic heterocycles. The van der Waals surface area contributed by atoms with Crippen LogP contribution in [-0.4, -0.2) is 43.8 Å². The van der Waals surface area contributed by atoms with Gasteiger partial charge in [0.1, 0.15) is 5.75 Å². The molecule has 0 N–H and O–H groups in total. The summed E-state index contributed by atoms with van der Waals surface area (Å²) in [6, 6.07) is 7.25. The molecular weight excluding hydrogens is 262 g/mol. The molecule has 0 unspecified atom stereocenters. The zero-order valence-corrected chi connectivity index (χ0v) is 11.7. The Bertz CT molecular complexity index is 512. The lowest BCUT2D eigenvalue weighted by atomic mass is 10.2. The SMILES string of the molecule is COC(=O)C(=O)CC(=O)N(C)Cc1cccc(OC)c1. The average Bonchev–Trinajstić information content (AvgIpc) is 2.46. The van der Waals surface area contributed by atoms with Crippen LogP contribution in [-0.2, 0) is 25.7 Å². The van der Waals surface area contributed by atoms with Gasteiger partial charge in [-0.2, -0.15) is 0 Å². The Labute approximate surface area is 117 Å². The van der Waals surface area contributed by atoms with Crippen LogP contribution in [0.2, 0.25) is 0 Å². The molecule has 1 aromatic rings. The Hall–Kier alpha value is -2.37. The van der Waals surface area contributed by atoms with Crippen molar-refractivity contribution in [1.29, 1.82) is 0 Å². The van der Waals surface area contributed by atoms with Gasteiger partial charge in [-0.1, -0.05) is 12.1 Å². The van der Waals surface area contributed by atoms with Crippen molar-refractivity contribution in [2.45, 2.75) is 13.0 Å². The smallest absolute Gasteiger partial charge is 0.374 e. The molecule has 6 nitrogen and oxygen atoms in total. The summed E-state index contributed by atoms with van der Waals surface area (Å²) in [4.78, 5) is 35.4. The summed E-state index contributed by atoms with van der Waals surface area (Å²) in [6.07, 6.45) is -0.493. The molecule has 0 aliphatic carbocycles. The summed E-state index contributed by atoms with van der Waals surface area (Å²) in [7, 11) is 4.22. The van der Waals surface area contributed by atoms with Gasteiger partial charge in [0.25, 0.3) is 0 Å². The summed E-state index contributed by atoms with van der Waals surface area (Å²) in [6.45, 7) is 0.324. The Kier molecular flexibility index (Phi) is 5.71. The zero-order valence-electron chi connectivity index (χ0n) is 11.7. The summed E-state index contributed by atoms with van der Waals surface area (Å²) in [5, 5.41) is 0. The van der Waals surface area contributed by atoms with Crippen LogP contribution in [0.1, 0.15) is 12.0 Å². The number of nitrogens with zero attached hydrogens (tertiary/aromatic N) is 1. The first-order chi connectivity index (χ1) is 9.47. The van der Waals surface area contributed by atoms with E-state index < -0.39 is 24.1 Å². The third kappa shape index (κ3) is 4.38. The number of Topliss-reactive ketones (excluding diaryl/α,β-unsaturated/α-hetero) is 1. The molecule has 1 amide bonds. The van der Waals surface area contributed by atoms with E-state index in [4.69, 9.17) is 4.74 Å². The number of carbonyl (C=O) groups is 3. The zero-order chi connectivity index (χ0) is 15.1. The van der Waals surface area contributed by atoms with Crippen LogP contribution in [0.15, 0.2) is 24.3 Å². The van der Waals surface area contributed by atoms with E-state index in [0.717, 1.165) is 12.7 Å². The fourth-order valence-electron chi connectivity index (χ4n) is 1.59. The number of ketones is 1. The fourth-order valence-corrected chi connectivity index (χ4v) is 1.59. The van der Waals surface area contributed by atoms with Crippen LogP contribution < -0.4 is 4.74 Å². The van der Waals surface area contributed by atoms with E-state index in [9.17, 15) is 14.4 Å². The van der Waals surface area contributed by atoms with Crippen LogP contribution >= 0.6 is 0 Å². The van der Waals surface area contributed by atoms with Gasteiger partial charge in [0.05, 0.1) is 20.6 Å². The summed E-state index contributed by atoms with van der Waals surface area (Å²) in [5.41, 5.74) is 0.866. The van der Waals surface area contributed by atoms with Crippen LogP contribution in [0, 0.1) is 0 Å². The van der Waals surface area contributed by atoms with Gasteiger partial charge in [-0.3, -0.25) is 9.59 Å². The van der Waals surface area contributed by atoms with Crippen LogP contribution in [0.5, 0.6) is 5.75 Å². The molecule has 20 heavy (non-hydrogen) atoms. The summed E-state index contributed by atoms with van der Waals surface area (Å²) in [5.74, 6) is -1.61. The van der Waals surface area contributed by atoms with Crippen LogP contribution in [0.25, 0.3) is 0 Å². The van der Waals surface area contributed by atoms with Gasteiger partial charge in [-0.15, -0.1) is 0 Å². The van der Waals surface area contributed by atoms with Crippen molar-refractivity contribution in [1.82, 2.24) is 4.90 Å². The number of rotatable bonds is 6. The fraction of sp³-hybridized carbons (Fsp3) is 0.357. The maximum absolute atomic E-state index is 11.8. The Balaban J connectivity index is 2.61. The maximum Gasteiger partial charge on any atom is 0.374 e. The van der Waals surface area contributed by atoms with Gasteiger partial charge in [0.2, 0.25) is 11.7 Å². The first-order valence-corrected chi connectivity index (χ1v) is 5.96. The molecule has 0 saturated heterocycles. The molecule has 0 radical (unpaired) electrons. The lowest BCUT2D eigenvalue weighted by Gasteiger charge is -2.17. The molecule has 0 spiro atoms. The third-order valence-electron chi connectivity index (χ3n) is 2.70. The summed E-state index contributed by atoms with van der Waals surface area (Å²) >= 11 is 0. The van der Waals surface area contributed by atoms with Gasteiger partial charge in [0.15, 0.2) is 0 Å². The Morgan fingerprint density at radius 3 is 2.50 bits per heavy atom. The molecule has 0 aliphatic rings. The molecular formula is C14H17NO5. The van der Waals surface area contributed by atoms with E-state index in [0.29, 0.717) is 12.3 Å². The molecule has 0 saturated carbocycles. The highest BCUT2D eigenvalue weighted by Gasteiger charge is 2.20. The average molecular weight is 279 g/mol. The van der Waals surface area contributed by atoms with E-state index in [1.54, 1.807) is 26.3 Å². The van der Waals surface area contributed by atoms with Crippen molar-refractivity contribution in [3.05, 3.63) is 29.8 Å². The topological polar surface area (TPSA) is 72.9 Å². The molecule has 0 atom stereocenters. The number of ether oxygens (including phenoxy) is 2. The largest absolute Gasteiger partial charge is 0.497 e. The minimum atomic E-state index is -1.01. The van der Waals surface area contributed by atoms with Gasteiger partial charge >= 0.3 is 5.97 Å². The third-order valence-corrected chi connectivity index (χ3v) is 2.70. The van der Waals surface area contributed by atoms with Gasteiger partial charge < -0.3 is 14.4 Å². The number of esters is 1. The molecule has 1 aromatic carbocycles. The number of methoxy groups -OCH3 is 2. The summed E-state index contributed by atoms with van der Waals surface area (Å²) < 4.78 is 9.35. The highest BCUT2D eigenvalue weighted by Crippen LogP contribution is 2.14. The van der Waals surface area contributed by atoms with Crippen molar-refractivity contribution >= 4 is 17.7 Å². The number of amides is 1. The predicted octanol–water partition coefficient (Wildman–Crippen LogP) is 0.786. The Morgan fingerprint density at radius 1 is 1.20 bits per heavy atom. The van der Waals surface area contributed by atoms with Gasteiger partial charge in [0, 0.05) is 13.6 Å². The second kappa shape index (κ2) is 7.28. The molecule has 0 heterocycles. The van der Waals surface area contributed by atoms with Gasteiger partial charge in [-0.05, 0) is 17.7 Å². The minimum absolute atomic E-state index is 0.324. The second-order valence-electron chi connectivity index (χ2n) is 4.19. The van der Waals surface area contributed by atoms with Crippen molar-refractivity contribution in [3.8, 4) is 5.75 Å². The highest BCUT2D eigenvalue weighted by molar-refractivity contribution is 6.36. The molecule has 0 bridgehead atoms. The molecule has 0 aromatic heterocycles. The Morgan fingerprint density at radius 2 is 1.90 bits per heavy atom. The minimum Gasteiger partial charge on any atom is -0.497 e. The number of hydrogen-bond donors (Lipinski definition) is 0. The van der Waals surface area contributed by atoms with E-state index in [-0.39, 0.29) is 0 Å². The molecule has 108 valence electrons. The number of benzene rings is 1.